The number of aliphatic hydroxyl groups excluding tert-OH is 2. The lowest BCUT2D eigenvalue weighted by molar-refractivity contribution is -0.0483. The Hall–Kier alpha value is -1.67. The first-order valence-electron chi connectivity index (χ1n) is 10.2. The van der Waals surface area contributed by atoms with Gasteiger partial charge in [-0.15, -0.1) is 0 Å². The zero-order valence-corrected chi connectivity index (χ0v) is 21.4. The summed E-state index contributed by atoms with van der Waals surface area (Å²) in [5.74, 6) is -1.03. The number of hydrogen-bond acceptors (Lipinski definition) is 10. The van der Waals surface area contributed by atoms with E-state index in [1.54, 1.807) is 18.2 Å². The van der Waals surface area contributed by atoms with Crippen molar-refractivity contribution < 1.29 is 43.3 Å². The van der Waals surface area contributed by atoms with Crippen molar-refractivity contribution in [2.45, 2.75) is 31.1 Å². The van der Waals surface area contributed by atoms with Gasteiger partial charge in [0.1, 0.15) is 24.6 Å². The summed E-state index contributed by atoms with van der Waals surface area (Å²) in [5, 5.41) is 24.9. The van der Waals surface area contributed by atoms with Crippen LogP contribution in [-0.2, 0) is 24.9 Å². The Morgan fingerprint density at radius 1 is 1.06 bits per heavy atom. The number of nitrogens with one attached hydrogen (secondary N) is 1. The van der Waals surface area contributed by atoms with Crippen molar-refractivity contribution in [3.8, 4) is 0 Å². The van der Waals surface area contributed by atoms with E-state index in [1.807, 2.05) is 0 Å². The number of rotatable bonds is 9. The highest BCUT2D eigenvalue weighted by molar-refractivity contribution is 7.70. The van der Waals surface area contributed by atoms with E-state index in [1.165, 1.54) is 17.2 Å². The number of fused-ring (bicyclic) bond motifs is 1. The van der Waals surface area contributed by atoms with Crippen molar-refractivity contribution in [3.63, 3.8) is 0 Å². The van der Waals surface area contributed by atoms with Crippen LogP contribution in [0, 0.1) is 0 Å². The minimum Gasteiger partial charge on any atom is -0.387 e. The molecule has 0 saturated carbocycles. The van der Waals surface area contributed by atoms with Crippen LogP contribution >= 0.6 is 38.4 Å². The lowest BCUT2D eigenvalue weighted by Crippen LogP contribution is -2.33. The lowest BCUT2D eigenvalue weighted by Gasteiger charge is -2.18. The first-order valence-corrected chi connectivity index (χ1v) is 14.5. The average molecular weight is 584 g/mol. The van der Waals surface area contributed by atoms with Gasteiger partial charge in [0.05, 0.1) is 12.9 Å². The van der Waals surface area contributed by atoms with Gasteiger partial charge >= 0.3 is 15.2 Å². The van der Waals surface area contributed by atoms with Gasteiger partial charge in [0.15, 0.2) is 29.1 Å². The summed E-state index contributed by atoms with van der Waals surface area (Å²) in [6.07, 6.45) is -2.96. The maximum absolute atomic E-state index is 11.9. The number of anilines is 1. The normalized spacial score (nSPS) is 24.2. The molecule has 0 amide bonds. The molecule has 0 spiro atoms. The third-order valence-electron chi connectivity index (χ3n) is 5.16. The zero-order chi connectivity index (χ0) is 26.3. The van der Waals surface area contributed by atoms with Gasteiger partial charge in [-0.1, -0.05) is 23.2 Å². The van der Waals surface area contributed by atoms with E-state index in [9.17, 15) is 24.2 Å². The molecule has 1 fully saturated rings. The summed E-state index contributed by atoms with van der Waals surface area (Å²) in [7, 11) is -9.51. The molecule has 0 aliphatic carbocycles. The van der Waals surface area contributed by atoms with Crippen molar-refractivity contribution in [3.05, 3.63) is 46.5 Å². The molecule has 3 aromatic rings. The van der Waals surface area contributed by atoms with Crippen LogP contribution in [0.3, 0.4) is 0 Å². The van der Waals surface area contributed by atoms with E-state index in [-0.39, 0.29) is 5.65 Å². The summed E-state index contributed by atoms with van der Waals surface area (Å²) in [4.78, 5) is 40.0. The number of hydrogen-bond donors (Lipinski definition) is 6. The van der Waals surface area contributed by atoms with Crippen molar-refractivity contribution in [2.75, 3.05) is 17.8 Å². The van der Waals surface area contributed by atoms with Gasteiger partial charge in [0.2, 0.25) is 0 Å². The van der Waals surface area contributed by atoms with Crippen LogP contribution in [0.15, 0.2) is 30.9 Å². The van der Waals surface area contributed by atoms with E-state index >= 15 is 0 Å². The van der Waals surface area contributed by atoms with Crippen LogP contribution in [0.1, 0.15) is 11.8 Å². The first kappa shape index (κ1) is 27.4. The second-order valence-corrected chi connectivity index (χ2v) is 12.8. The molecule has 3 heterocycles. The smallest absolute Gasteiger partial charge is 0.340 e. The quantitative estimate of drug-likeness (QED) is 0.198. The number of halogens is 2. The average Bonchev–Trinajstić information content (AvgIpc) is 3.30. The van der Waals surface area contributed by atoms with E-state index < -0.39 is 52.2 Å². The van der Waals surface area contributed by atoms with Crippen LogP contribution < -0.4 is 5.32 Å². The number of nitrogens with zero attached hydrogens (tertiary/aromatic N) is 4. The molecule has 5 atom stereocenters. The van der Waals surface area contributed by atoms with Crippen molar-refractivity contribution in [1.29, 1.82) is 0 Å². The van der Waals surface area contributed by atoms with E-state index in [2.05, 4.69) is 20.3 Å². The van der Waals surface area contributed by atoms with Crippen LogP contribution in [0.25, 0.3) is 11.2 Å². The molecule has 2 aromatic heterocycles. The number of imidazole rings is 1. The highest BCUT2D eigenvalue weighted by Crippen LogP contribution is 2.55. The number of benzene rings is 1. The summed E-state index contributed by atoms with van der Waals surface area (Å²) in [6.45, 7) is -0.394. The zero-order valence-electron chi connectivity index (χ0n) is 18.1. The van der Waals surface area contributed by atoms with Crippen molar-refractivity contribution >= 4 is 55.4 Å². The molecule has 14 nitrogen and oxygen atoms in total. The number of ether oxygens (including phenoxy) is 1. The predicted octanol–water partition coefficient (Wildman–Crippen LogP) is 1.70. The molecule has 18 heteroatoms. The van der Waals surface area contributed by atoms with Gasteiger partial charge in [-0.3, -0.25) is 13.7 Å². The molecule has 36 heavy (non-hydrogen) atoms. The summed E-state index contributed by atoms with van der Waals surface area (Å²) >= 11 is 12.1. The molecule has 1 aliphatic rings. The van der Waals surface area contributed by atoms with Gasteiger partial charge in [-0.05, 0) is 23.8 Å². The van der Waals surface area contributed by atoms with Gasteiger partial charge < -0.3 is 39.5 Å². The fraction of sp³-hybridized carbons (Fsp3) is 0.389. The van der Waals surface area contributed by atoms with Crippen LogP contribution in [-0.4, -0.2) is 75.2 Å². The Morgan fingerprint density at radius 3 is 2.42 bits per heavy atom. The standard InChI is InChI=1S/C18H21Cl2N5O9P2/c19-10-1-9(2-11(20)3-10)4-21-16-13-17(23-6-22-16)25(7-24-13)18-15(27)14(26)12(34-18)5-33-36(31,32)8-35(28,29)30/h1-3,6-7,12,14-15,18,26-27H,4-5,8H2,(H,31,32)(H,21,22,23)(H2,28,29,30)/t12-,14-,15-,18-/m1/s1. The Morgan fingerprint density at radius 2 is 1.75 bits per heavy atom. The first-order chi connectivity index (χ1) is 16.8. The van der Waals surface area contributed by atoms with Gasteiger partial charge in [0, 0.05) is 16.6 Å². The molecule has 1 aliphatic heterocycles. The van der Waals surface area contributed by atoms with Crippen LogP contribution in [0.4, 0.5) is 5.82 Å². The topological polar surface area (TPSA) is 209 Å². The molecule has 1 unspecified atom stereocenters. The summed E-state index contributed by atoms with van der Waals surface area (Å²) in [5.41, 5.74) is 1.38. The summed E-state index contributed by atoms with van der Waals surface area (Å²) in [6, 6.07) is 5.07. The van der Waals surface area contributed by atoms with E-state index in [0.717, 1.165) is 5.56 Å². The van der Waals surface area contributed by atoms with Crippen LogP contribution in [0.2, 0.25) is 10.0 Å². The van der Waals surface area contributed by atoms with Gasteiger partial charge in [0.25, 0.3) is 0 Å². The van der Waals surface area contributed by atoms with E-state index in [0.29, 0.717) is 27.9 Å². The molecule has 196 valence electrons. The fourth-order valence-corrected chi connectivity index (χ4v) is 6.77. The molecule has 6 N–H and O–H groups in total. The predicted molar refractivity (Wildman–Crippen MR) is 128 cm³/mol. The highest BCUT2D eigenvalue weighted by atomic mass is 35.5. The number of aromatic nitrogens is 4. The highest BCUT2D eigenvalue weighted by Gasteiger charge is 2.45. The summed E-state index contributed by atoms with van der Waals surface area (Å²) < 4.78 is 34.6. The molecule has 1 aromatic carbocycles. The lowest BCUT2D eigenvalue weighted by atomic mass is 10.1. The monoisotopic (exact) mass is 583 g/mol. The van der Waals surface area contributed by atoms with Crippen molar-refractivity contribution in [2.24, 2.45) is 0 Å². The molecule has 1 saturated heterocycles. The maximum Gasteiger partial charge on any atom is 0.340 e. The number of aliphatic hydroxyl groups is 2. The van der Waals surface area contributed by atoms with Gasteiger partial charge in [-0.25, -0.2) is 15.0 Å². The third kappa shape index (κ3) is 6.42. The van der Waals surface area contributed by atoms with Crippen molar-refractivity contribution in [1.82, 2.24) is 19.5 Å². The molecule has 0 bridgehead atoms. The molecule has 0 radical (unpaired) electrons. The fourth-order valence-electron chi connectivity index (χ4n) is 3.63. The largest absolute Gasteiger partial charge is 0.387 e. The second kappa shape index (κ2) is 10.6. The molecular weight excluding hydrogens is 563 g/mol. The maximum atomic E-state index is 11.9. The SMILES string of the molecule is O=P(O)(O)CP(=O)(O)OC[C@H]1O[C@@H](n2cnc3c(NCc4cc(Cl)cc(Cl)c4)ncnc32)[C@H](O)[C@@H]1O. The second-order valence-electron chi connectivity index (χ2n) is 7.96. The molecule has 4 rings (SSSR count). The minimum atomic E-state index is -4.83. The van der Waals surface area contributed by atoms with Gasteiger partial charge in [-0.2, -0.15) is 0 Å². The Bertz CT molecular complexity index is 1340. The Kier molecular flexibility index (Phi) is 8.06. The van der Waals surface area contributed by atoms with E-state index in [4.69, 9.17) is 42.2 Å². The third-order valence-corrected chi connectivity index (χ3v) is 9.05. The Balaban J connectivity index is 1.49. The minimum absolute atomic E-state index is 0.253. The van der Waals surface area contributed by atoms with Crippen LogP contribution in [0.5, 0.6) is 0 Å². The Labute approximate surface area is 213 Å². The molecular formula is C18H21Cl2N5O9P2.